The minimum absolute atomic E-state index is 0.141. The number of carbonyl (C=O) groups excluding carboxylic acids is 5. The van der Waals surface area contributed by atoms with Crippen molar-refractivity contribution in [2.24, 2.45) is 5.92 Å². The first-order valence-electron chi connectivity index (χ1n) is 14.3. The molecule has 4 atom stereocenters. The zero-order valence-corrected chi connectivity index (χ0v) is 24.2. The van der Waals surface area contributed by atoms with Gasteiger partial charge in [-0.15, -0.1) is 0 Å². The monoisotopic (exact) mass is 564 g/mol. The number of ether oxygens (including phenoxy) is 1. The molecule has 0 saturated carbocycles. The summed E-state index contributed by atoms with van der Waals surface area (Å²) in [7, 11) is 0. The van der Waals surface area contributed by atoms with Crippen molar-refractivity contribution in [3.8, 4) is 0 Å². The number of hydrogen-bond donors (Lipinski definition) is 3. The lowest BCUT2D eigenvalue weighted by Gasteiger charge is -2.28. The number of nitrogens with one attached hydrogen (secondary N) is 3. The predicted molar refractivity (Wildman–Crippen MR) is 154 cm³/mol. The number of ketones is 1. The molecule has 4 rings (SSSR count). The van der Waals surface area contributed by atoms with Crippen LogP contribution in [0, 0.1) is 5.92 Å². The molecule has 2 saturated heterocycles. The van der Waals surface area contributed by atoms with Gasteiger partial charge in [-0.3, -0.25) is 24.0 Å². The number of carbonyl (C=O) groups is 5. The van der Waals surface area contributed by atoms with Gasteiger partial charge in [-0.25, -0.2) is 0 Å². The maximum absolute atomic E-state index is 13.8. The Morgan fingerprint density at radius 3 is 2.39 bits per heavy atom. The van der Waals surface area contributed by atoms with Gasteiger partial charge in [-0.1, -0.05) is 56.3 Å². The molecular formula is C31H40N4O6. The molecule has 2 fully saturated rings. The van der Waals surface area contributed by atoms with E-state index in [4.69, 9.17) is 4.74 Å². The van der Waals surface area contributed by atoms with E-state index < -0.39 is 35.5 Å². The fourth-order valence-corrected chi connectivity index (χ4v) is 5.31. The first-order chi connectivity index (χ1) is 19.5. The fourth-order valence-electron chi connectivity index (χ4n) is 5.31. The van der Waals surface area contributed by atoms with E-state index in [2.05, 4.69) is 16.0 Å². The number of hydrogen-bond acceptors (Lipinski definition) is 6. The van der Waals surface area contributed by atoms with Crippen LogP contribution >= 0.6 is 0 Å². The normalized spacial score (nSPS) is 21.3. The first kappa shape index (κ1) is 30.2. The Morgan fingerprint density at radius 2 is 1.73 bits per heavy atom. The molecule has 2 aliphatic heterocycles. The second kappa shape index (κ2) is 12.8. The van der Waals surface area contributed by atoms with Crippen LogP contribution in [0.15, 0.2) is 42.5 Å². The molecule has 41 heavy (non-hydrogen) atoms. The summed E-state index contributed by atoms with van der Waals surface area (Å²) in [5.74, 6) is -1.63. The highest BCUT2D eigenvalue weighted by atomic mass is 16.6. The number of likely N-dealkylation sites (tertiary alicyclic amines) is 1. The van der Waals surface area contributed by atoms with Gasteiger partial charge in [-0.05, 0) is 48.4 Å². The van der Waals surface area contributed by atoms with Crippen molar-refractivity contribution >= 4 is 40.2 Å². The van der Waals surface area contributed by atoms with Crippen LogP contribution in [0.5, 0.6) is 0 Å². The molecule has 3 N–H and O–H groups in total. The van der Waals surface area contributed by atoms with Gasteiger partial charge in [0.05, 0.1) is 19.2 Å². The van der Waals surface area contributed by atoms with E-state index in [0.29, 0.717) is 32.4 Å². The van der Waals surface area contributed by atoms with Crippen LogP contribution in [0.4, 0.5) is 0 Å². The molecule has 4 amide bonds. The van der Waals surface area contributed by atoms with E-state index in [1.165, 1.54) is 11.8 Å². The second-order valence-corrected chi connectivity index (χ2v) is 11.7. The van der Waals surface area contributed by atoms with Crippen molar-refractivity contribution < 1.29 is 28.7 Å². The number of benzene rings is 2. The lowest BCUT2D eigenvalue weighted by molar-refractivity contribution is -0.139. The topological polar surface area (TPSA) is 137 Å². The third-order valence-corrected chi connectivity index (χ3v) is 7.69. The fraction of sp³-hybridized carbons (Fsp3) is 0.516. The summed E-state index contributed by atoms with van der Waals surface area (Å²) in [5.41, 5.74) is -0.0545. The third kappa shape index (κ3) is 7.70. The SMILES string of the molecule is CC(=O)NCC(=O)N1CCC[C@H]1C(=O)N[C@@H](Cc1ccc2ccccc2c1)C(=O)NC(CC(C)C)C(=O)[C@@]1(C)CO1. The molecule has 0 aliphatic carbocycles. The highest BCUT2D eigenvalue weighted by Gasteiger charge is 2.50. The number of fused-ring (bicyclic) bond motifs is 1. The average molecular weight is 565 g/mol. The summed E-state index contributed by atoms with van der Waals surface area (Å²) >= 11 is 0. The van der Waals surface area contributed by atoms with Crippen molar-refractivity contribution in [2.75, 3.05) is 19.7 Å². The van der Waals surface area contributed by atoms with Gasteiger partial charge in [-0.2, -0.15) is 0 Å². The summed E-state index contributed by atoms with van der Waals surface area (Å²) in [6.07, 6.45) is 1.72. The van der Waals surface area contributed by atoms with Crippen molar-refractivity contribution in [3.63, 3.8) is 0 Å². The van der Waals surface area contributed by atoms with E-state index in [1.807, 2.05) is 56.3 Å². The second-order valence-electron chi connectivity index (χ2n) is 11.7. The zero-order valence-electron chi connectivity index (χ0n) is 24.2. The number of Topliss-reactive ketones (excluding diaryl/α,β-unsaturated/α-hetero) is 1. The van der Waals surface area contributed by atoms with E-state index in [1.54, 1.807) is 6.92 Å². The van der Waals surface area contributed by atoms with Gasteiger partial charge in [0.2, 0.25) is 23.6 Å². The van der Waals surface area contributed by atoms with Crippen LogP contribution in [-0.4, -0.2) is 77.7 Å². The average Bonchev–Trinajstić information content (AvgIpc) is 3.49. The van der Waals surface area contributed by atoms with Crippen LogP contribution in [0.1, 0.15) is 52.5 Å². The van der Waals surface area contributed by atoms with Gasteiger partial charge in [0, 0.05) is 19.9 Å². The lowest BCUT2D eigenvalue weighted by Crippen LogP contribution is -2.57. The van der Waals surface area contributed by atoms with Crippen LogP contribution < -0.4 is 16.0 Å². The molecule has 0 spiro atoms. The summed E-state index contributed by atoms with van der Waals surface area (Å²) in [5, 5.41) is 10.3. The number of epoxide rings is 1. The van der Waals surface area contributed by atoms with Crippen LogP contribution in [0.3, 0.4) is 0 Å². The number of nitrogens with zero attached hydrogens (tertiary/aromatic N) is 1. The minimum atomic E-state index is -0.980. The van der Waals surface area contributed by atoms with Crippen molar-refractivity contribution in [1.29, 1.82) is 0 Å². The molecule has 10 heteroatoms. The van der Waals surface area contributed by atoms with Crippen LogP contribution in [0.2, 0.25) is 0 Å². The molecule has 2 aromatic carbocycles. The van der Waals surface area contributed by atoms with Crippen molar-refractivity contribution in [2.45, 2.75) is 77.1 Å². The Labute approximate surface area is 240 Å². The molecule has 0 bridgehead atoms. The van der Waals surface area contributed by atoms with Gasteiger partial charge in [0.15, 0.2) is 5.78 Å². The van der Waals surface area contributed by atoms with Gasteiger partial charge >= 0.3 is 0 Å². The molecule has 220 valence electrons. The first-order valence-corrected chi connectivity index (χ1v) is 14.3. The molecule has 0 aromatic heterocycles. The highest BCUT2D eigenvalue weighted by Crippen LogP contribution is 2.30. The Hall–Kier alpha value is -3.79. The lowest BCUT2D eigenvalue weighted by atomic mass is 9.93. The Bertz CT molecular complexity index is 1320. The quantitative estimate of drug-likeness (QED) is 0.337. The molecule has 2 aromatic rings. The van der Waals surface area contributed by atoms with Gasteiger partial charge < -0.3 is 25.6 Å². The largest absolute Gasteiger partial charge is 0.361 e. The highest BCUT2D eigenvalue weighted by molar-refractivity contribution is 5.98. The predicted octanol–water partition coefficient (Wildman–Crippen LogP) is 1.88. The Balaban J connectivity index is 1.55. The zero-order chi connectivity index (χ0) is 29.7. The van der Waals surface area contributed by atoms with Crippen molar-refractivity contribution in [1.82, 2.24) is 20.9 Å². The Kier molecular flexibility index (Phi) is 9.42. The molecular weight excluding hydrogens is 524 g/mol. The smallest absolute Gasteiger partial charge is 0.243 e. The van der Waals surface area contributed by atoms with Gasteiger partial charge in [0.25, 0.3) is 0 Å². The molecule has 1 unspecified atom stereocenters. The summed E-state index contributed by atoms with van der Waals surface area (Å²) < 4.78 is 5.37. The standard InChI is InChI=1S/C31H40N4O6/c1-19(2)14-24(28(38)31(4)18-41-31)33-29(39)25(16-21-11-12-22-8-5-6-9-23(22)15-21)34-30(40)26-10-7-13-35(26)27(37)17-32-20(3)36/h5-6,8-9,11-12,15,19,24-26H,7,10,13-14,16-18H2,1-4H3,(H,32,36)(H,33,39)(H,34,40)/t24?,25-,26-,31+/m0/s1. The van der Waals surface area contributed by atoms with E-state index >= 15 is 0 Å². The molecule has 2 heterocycles. The van der Waals surface area contributed by atoms with Crippen LogP contribution in [0.25, 0.3) is 10.8 Å². The third-order valence-electron chi connectivity index (χ3n) is 7.69. The van der Waals surface area contributed by atoms with Crippen molar-refractivity contribution in [3.05, 3.63) is 48.0 Å². The van der Waals surface area contributed by atoms with Gasteiger partial charge in [0.1, 0.15) is 17.7 Å². The van der Waals surface area contributed by atoms with E-state index in [0.717, 1.165) is 16.3 Å². The van der Waals surface area contributed by atoms with Crippen LogP contribution in [-0.2, 0) is 35.1 Å². The Morgan fingerprint density at radius 1 is 1.02 bits per heavy atom. The van der Waals surface area contributed by atoms with E-state index in [-0.39, 0.29) is 36.5 Å². The molecule has 2 aliphatic rings. The van der Waals surface area contributed by atoms with E-state index in [9.17, 15) is 24.0 Å². The maximum Gasteiger partial charge on any atom is 0.243 e. The molecule has 10 nitrogen and oxygen atoms in total. The minimum Gasteiger partial charge on any atom is -0.361 e. The maximum atomic E-state index is 13.8. The molecule has 0 radical (unpaired) electrons. The summed E-state index contributed by atoms with van der Waals surface area (Å²) in [6.45, 7) is 7.51. The summed E-state index contributed by atoms with van der Waals surface area (Å²) in [6, 6.07) is 11.3. The summed E-state index contributed by atoms with van der Waals surface area (Å²) in [4.78, 5) is 65.9. The number of rotatable bonds is 12. The number of amides is 4.